The van der Waals surface area contributed by atoms with E-state index in [0.717, 1.165) is 5.56 Å². The molecule has 1 atom stereocenters. The molecule has 144 valence electrons. The number of rotatable bonds is 9. The number of carbonyl (C=O) groups excluding carboxylic acids is 1. The van der Waals surface area contributed by atoms with Crippen LogP contribution in [0.15, 0.2) is 84.9 Å². The highest BCUT2D eigenvalue weighted by atomic mass is 32.2. The van der Waals surface area contributed by atoms with Gasteiger partial charge in [-0.25, -0.2) is 8.42 Å². The van der Waals surface area contributed by atoms with Crippen molar-refractivity contribution >= 4 is 16.2 Å². The number of amides is 1. The van der Waals surface area contributed by atoms with Crippen LogP contribution in [0.1, 0.15) is 22.1 Å². The maximum absolute atomic E-state index is 12.8. The molecule has 0 aliphatic carbocycles. The van der Waals surface area contributed by atoms with Gasteiger partial charge in [0.15, 0.2) is 15.2 Å². The van der Waals surface area contributed by atoms with E-state index in [0.29, 0.717) is 29.9 Å². The van der Waals surface area contributed by atoms with E-state index in [2.05, 4.69) is 5.32 Å². The standard InChI is InChI=1S/C22H21NO4S/c24-17-23-22(28(25,26)16-19-9-5-2-6-10-19)20-11-13-21(14-12-20)27-15-18-7-3-1-4-8-18/h1-14,17,22H,15-16H2,(H,23,24). The Morgan fingerprint density at radius 2 is 1.39 bits per heavy atom. The van der Waals surface area contributed by atoms with Crippen LogP contribution in [-0.4, -0.2) is 14.8 Å². The maximum Gasteiger partial charge on any atom is 0.208 e. The summed E-state index contributed by atoms with van der Waals surface area (Å²) >= 11 is 0. The lowest BCUT2D eigenvalue weighted by Crippen LogP contribution is -2.28. The lowest BCUT2D eigenvalue weighted by Gasteiger charge is -2.18. The van der Waals surface area contributed by atoms with Crippen molar-refractivity contribution in [1.29, 1.82) is 0 Å². The van der Waals surface area contributed by atoms with Crippen molar-refractivity contribution < 1.29 is 17.9 Å². The summed E-state index contributed by atoms with van der Waals surface area (Å²) in [6.07, 6.45) is 0.410. The molecular formula is C22H21NO4S. The molecule has 5 nitrogen and oxygen atoms in total. The number of hydrogen-bond acceptors (Lipinski definition) is 4. The minimum absolute atomic E-state index is 0.161. The van der Waals surface area contributed by atoms with E-state index in [1.165, 1.54) is 0 Å². The van der Waals surface area contributed by atoms with Crippen molar-refractivity contribution in [3.8, 4) is 5.75 Å². The second-order valence-corrected chi connectivity index (χ2v) is 8.39. The highest BCUT2D eigenvalue weighted by Gasteiger charge is 2.27. The van der Waals surface area contributed by atoms with Gasteiger partial charge in [-0.2, -0.15) is 0 Å². The number of benzene rings is 3. The minimum atomic E-state index is -3.64. The van der Waals surface area contributed by atoms with Gasteiger partial charge < -0.3 is 10.1 Å². The van der Waals surface area contributed by atoms with Gasteiger partial charge in [-0.05, 0) is 28.8 Å². The summed E-state index contributed by atoms with van der Waals surface area (Å²) in [5.74, 6) is 0.462. The molecule has 3 aromatic carbocycles. The third-order valence-corrected chi connectivity index (χ3v) is 6.08. The second-order valence-electron chi connectivity index (χ2n) is 6.30. The lowest BCUT2D eigenvalue weighted by atomic mass is 10.2. The Morgan fingerprint density at radius 3 is 1.96 bits per heavy atom. The minimum Gasteiger partial charge on any atom is -0.489 e. The molecule has 0 saturated carbocycles. The van der Waals surface area contributed by atoms with Gasteiger partial charge >= 0.3 is 0 Å². The molecule has 1 N–H and O–H groups in total. The first-order valence-corrected chi connectivity index (χ1v) is 10.5. The van der Waals surface area contributed by atoms with Gasteiger partial charge in [0.25, 0.3) is 0 Å². The molecule has 6 heteroatoms. The predicted octanol–water partition coefficient (Wildman–Crippen LogP) is 3.63. The van der Waals surface area contributed by atoms with Gasteiger partial charge in [0.1, 0.15) is 12.4 Å². The van der Waals surface area contributed by atoms with Crippen LogP contribution in [-0.2, 0) is 27.0 Å². The molecule has 0 aromatic heterocycles. The van der Waals surface area contributed by atoms with Crippen LogP contribution in [0.3, 0.4) is 0 Å². The summed E-state index contributed by atoms with van der Waals surface area (Å²) < 4.78 is 31.4. The molecule has 0 heterocycles. The van der Waals surface area contributed by atoms with Crippen LogP contribution in [0.2, 0.25) is 0 Å². The monoisotopic (exact) mass is 395 g/mol. The number of sulfone groups is 1. The molecule has 3 rings (SSSR count). The molecule has 28 heavy (non-hydrogen) atoms. The highest BCUT2D eigenvalue weighted by Crippen LogP contribution is 2.25. The van der Waals surface area contributed by atoms with E-state index in [1.807, 2.05) is 36.4 Å². The largest absolute Gasteiger partial charge is 0.489 e. The fraction of sp³-hybridized carbons (Fsp3) is 0.136. The molecule has 3 aromatic rings. The fourth-order valence-corrected chi connectivity index (χ4v) is 4.50. The van der Waals surface area contributed by atoms with E-state index in [-0.39, 0.29) is 5.75 Å². The first-order valence-electron chi connectivity index (χ1n) is 8.80. The Hall–Kier alpha value is -3.12. The van der Waals surface area contributed by atoms with E-state index in [4.69, 9.17) is 4.74 Å². The third kappa shape index (κ3) is 5.20. The number of ether oxygens (including phenoxy) is 1. The molecule has 0 radical (unpaired) electrons. The highest BCUT2D eigenvalue weighted by molar-refractivity contribution is 7.90. The maximum atomic E-state index is 12.8. The smallest absolute Gasteiger partial charge is 0.208 e. The molecule has 0 spiro atoms. The number of hydrogen-bond donors (Lipinski definition) is 1. The van der Waals surface area contributed by atoms with Crippen molar-refractivity contribution in [2.75, 3.05) is 0 Å². The Bertz CT molecular complexity index is 988. The van der Waals surface area contributed by atoms with Gasteiger partial charge in [0.2, 0.25) is 6.41 Å². The van der Waals surface area contributed by atoms with Crippen molar-refractivity contribution in [1.82, 2.24) is 5.32 Å². The Morgan fingerprint density at radius 1 is 0.821 bits per heavy atom. The summed E-state index contributed by atoms with van der Waals surface area (Å²) in [7, 11) is -3.64. The fourth-order valence-electron chi connectivity index (χ4n) is 2.84. The molecular weight excluding hydrogens is 374 g/mol. The SMILES string of the molecule is O=CNC(c1ccc(OCc2ccccc2)cc1)S(=O)(=O)Cc1ccccc1. The summed E-state index contributed by atoms with van der Waals surface area (Å²) in [5, 5.41) is 1.31. The topological polar surface area (TPSA) is 72.5 Å². The van der Waals surface area contributed by atoms with E-state index in [1.54, 1.807) is 48.5 Å². The van der Waals surface area contributed by atoms with Crippen LogP contribution < -0.4 is 10.1 Å². The summed E-state index contributed by atoms with van der Waals surface area (Å²) in [5.41, 5.74) is 2.19. The first-order chi connectivity index (χ1) is 13.6. The van der Waals surface area contributed by atoms with Crippen molar-refractivity contribution in [3.05, 3.63) is 102 Å². The summed E-state index contributed by atoms with van der Waals surface area (Å²) in [6, 6.07) is 25.4. The molecule has 1 unspecified atom stereocenters. The number of nitrogens with one attached hydrogen (secondary N) is 1. The van der Waals surface area contributed by atoms with Crippen molar-refractivity contribution in [2.45, 2.75) is 17.7 Å². The summed E-state index contributed by atoms with van der Waals surface area (Å²) in [6.45, 7) is 0.419. The molecule has 0 aliphatic heterocycles. The third-order valence-electron chi connectivity index (χ3n) is 4.22. The van der Waals surface area contributed by atoms with Gasteiger partial charge in [-0.3, -0.25) is 4.79 Å². The van der Waals surface area contributed by atoms with E-state index < -0.39 is 15.2 Å². The average molecular weight is 395 g/mol. The lowest BCUT2D eigenvalue weighted by molar-refractivity contribution is -0.109. The zero-order chi connectivity index (χ0) is 19.8. The summed E-state index contributed by atoms with van der Waals surface area (Å²) in [4.78, 5) is 11.0. The average Bonchev–Trinajstić information content (AvgIpc) is 2.72. The van der Waals surface area contributed by atoms with Crippen molar-refractivity contribution in [2.24, 2.45) is 0 Å². The number of carbonyl (C=O) groups is 1. The van der Waals surface area contributed by atoms with Gasteiger partial charge in [-0.15, -0.1) is 0 Å². The second kappa shape index (κ2) is 9.19. The van der Waals surface area contributed by atoms with Gasteiger partial charge in [0.05, 0.1) is 5.75 Å². The Kier molecular flexibility index (Phi) is 6.45. The molecule has 0 aliphatic rings. The van der Waals surface area contributed by atoms with Crippen LogP contribution in [0.4, 0.5) is 0 Å². The van der Waals surface area contributed by atoms with Crippen LogP contribution in [0, 0.1) is 0 Å². The van der Waals surface area contributed by atoms with Crippen LogP contribution >= 0.6 is 0 Å². The molecule has 0 saturated heterocycles. The molecule has 1 amide bonds. The van der Waals surface area contributed by atoms with Crippen molar-refractivity contribution in [3.63, 3.8) is 0 Å². The zero-order valence-electron chi connectivity index (χ0n) is 15.2. The Labute approximate surface area is 164 Å². The normalized spacial score (nSPS) is 12.1. The van der Waals surface area contributed by atoms with Gasteiger partial charge in [0, 0.05) is 0 Å². The van der Waals surface area contributed by atoms with Crippen LogP contribution in [0.25, 0.3) is 0 Å². The predicted molar refractivity (Wildman–Crippen MR) is 108 cm³/mol. The quantitative estimate of drug-likeness (QED) is 0.562. The molecule has 0 bridgehead atoms. The van der Waals surface area contributed by atoms with Gasteiger partial charge in [-0.1, -0.05) is 72.8 Å². The first kappa shape index (κ1) is 19.6. The molecule has 0 fully saturated rings. The van der Waals surface area contributed by atoms with E-state index >= 15 is 0 Å². The van der Waals surface area contributed by atoms with E-state index in [9.17, 15) is 13.2 Å². The Balaban J connectivity index is 1.73. The van der Waals surface area contributed by atoms with Crippen LogP contribution in [0.5, 0.6) is 5.75 Å². The zero-order valence-corrected chi connectivity index (χ0v) is 16.0.